The molecule has 0 aliphatic heterocycles. The monoisotopic (exact) mass is 189 g/mol. The van der Waals surface area contributed by atoms with Crippen molar-refractivity contribution in [2.45, 2.75) is 19.8 Å². The van der Waals surface area contributed by atoms with E-state index >= 15 is 0 Å². The number of carboxylic acids is 1. The van der Waals surface area contributed by atoms with Gasteiger partial charge in [-0.3, -0.25) is 0 Å². The zero-order valence-corrected chi connectivity index (χ0v) is 8.11. The average molecular weight is 189 g/mol. The van der Waals surface area contributed by atoms with Crippen molar-refractivity contribution in [3.8, 4) is 6.07 Å². The smallest absolute Gasteiger partial charge is 0.337 e. The number of carbonyl (C=O) groups is 1. The van der Waals surface area contributed by atoms with E-state index in [1.165, 1.54) is 0 Å². The van der Waals surface area contributed by atoms with Crippen molar-refractivity contribution >= 4 is 5.97 Å². The van der Waals surface area contributed by atoms with Crippen molar-refractivity contribution in [1.29, 1.82) is 5.26 Å². The van der Waals surface area contributed by atoms with Crippen molar-refractivity contribution in [3.63, 3.8) is 0 Å². The maximum absolute atomic E-state index is 10.8. The van der Waals surface area contributed by atoms with Crippen LogP contribution in [0.4, 0.5) is 0 Å². The minimum absolute atomic E-state index is 0.0821. The lowest BCUT2D eigenvalue weighted by Crippen LogP contribution is -2.02. The highest BCUT2D eigenvalue weighted by molar-refractivity contribution is 5.90. The van der Waals surface area contributed by atoms with Gasteiger partial charge in [0.1, 0.15) is 6.07 Å². The molecule has 1 aromatic carbocycles. The van der Waals surface area contributed by atoms with Crippen LogP contribution in [0.2, 0.25) is 0 Å². The van der Waals surface area contributed by atoms with Crippen LogP contribution >= 0.6 is 0 Å². The number of aromatic carboxylic acids is 1. The summed E-state index contributed by atoms with van der Waals surface area (Å²) in [6.45, 7) is 3.96. The summed E-state index contributed by atoms with van der Waals surface area (Å²) in [4.78, 5) is 10.8. The standard InChI is InChI=1S/C11H11NO2/c1-7(2)8-3-4-9(6-12)10(5-8)11(13)14/h3-5,7H,1-2H3,(H,13,14). The number of hydrogen-bond donors (Lipinski definition) is 1. The number of hydrogen-bond acceptors (Lipinski definition) is 2. The van der Waals surface area contributed by atoms with Gasteiger partial charge in [0.05, 0.1) is 11.1 Å². The quantitative estimate of drug-likeness (QED) is 0.776. The first-order valence-electron chi connectivity index (χ1n) is 4.33. The number of benzene rings is 1. The molecule has 0 saturated carbocycles. The summed E-state index contributed by atoms with van der Waals surface area (Å²) in [5, 5.41) is 17.5. The third-order valence-corrected chi connectivity index (χ3v) is 2.06. The lowest BCUT2D eigenvalue weighted by molar-refractivity contribution is 0.0696. The van der Waals surface area contributed by atoms with Crippen molar-refractivity contribution in [2.75, 3.05) is 0 Å². The topological polar surface area (TPSA) is 61.1 Å². The fourth-order valence-corrected chi connectivity index (χ4v) is 1.20. The van der Waals surface area contributed by atoms with E-state index in [0.717, 1.165) is 5.56 Å². The number of nitriles is 1. The van der Waals surface area contributed by atoms with Gasteiger partial charge in [-0.05, 0) is 23.6 Å². The first-order chi connectivity index (χ1) is 6.56. The molecule has 0 amide bonds. The minimum atomic E-state index is -1.05. The third kappa shape index (κ3) is 1.91. The Kier molecular flexibility index (Phi) is 2.88. The zero-order valence-electron chi connectivity index (χ0n) is 8.11. The zero-order chi connectivity index (χ0) is 10.7. The van der Waals surface area contributed by atoms with Crippen LogP contribution in [0.1, 0.15) is 41.3 Å². The number of rotatable bonds is 2. The molecule has 0 fully saturated rings. The summed E-state index contributed by atoms with van der Waals surface area (Å²) in [6, 6.07) is 6.76. The van der Waals surface area contributed by atoms with Crippen LogP contribution < -0.4 is 0 Å². The fourth-order valence-electron chi connectivity index (χ4n) is 1.20. The summed E-state index contributed by atoms with van der Waals surface area (Å²) in [5.74, 6) is -0.787. The molecule has 1 rings (SSSR count). The molecule has 0 aliphatic rings. The van der Waals surface area contributed by atoms with E-state index in [9.17, 15) is 4.79 Å². The van der Waals surface area contributed by atoms with Crippen LogP contribution in [-0.4, -0.2) is 11.1 Å². The van der Waals surface area contributed by atoms with Crippen LogP contribution in [0.5, 0.6) is 0 Å². The van der Waals surface area contributed by atoms with E-state index in [2.05, 4.69) is 0 Å². The Hall–Kier alpha value is -1.82. The lowest BCUT2D eigenvalue weighted by Gasteiger charge is -2.06. The molecule has 3 nitrogen and oxygen atoms in total. The molecule has 1 N–H and O–H groups in total. The highest BCUT2D eigenvalue weighted by atomic mass is 16.4. The Morgan fingerprint density at radius 1 is 1.50 bits per heavy atom. The average Bonchev–Trinajstić information content (AvgIpc) is 2.16. The van der Waals surface area contributed by atoms with Gasteiger partial charge in [-0.25, -0.2) is 4.79 Å². The first-order valence-corrected chi connectivity index (χ1v) is 4.33. The van der Waals surface area contributed by atoms with Crippen LogP contribution in [0, 0.1) is 11.3 Å². The van der Waals surface area contributed by atoms with Gasteiger partial charge in [0.15, 0.2) is 0 Å². The first kappa shape index (κ1) is 10.3. The molecule has 0 atom stereocenters. The molecule has 14 heavy (non-hydrogen) atoms. The van der Waals surface area contributed by atoms with Crippen molar-refractivity contribution in [1.82, 2.24) is 0 Å². The highest BCUT2D eigenvalue weighted by Crippen LogP contribution is 2.18. The lowest BCUT2D eigenvalue weighted by atomic mass is 9.98. The van der Waals surface area contributed by atoms with Gasteiger partial charge in [0.25, 0.3) is 0 Å². The molecule has 0 heterocycles. The molecular weight excluding hydrogens is 178 g/mol. The highest BCUT2D eigenvalue weighted by Gasteiger charge is 2.11. The molecule has 0 spiro atoms. The minimum Gasteiger partial charge on any atom is -0.478 e. The van der Waals surface area contributed by atoms with Gasteiger partial charge < -0.3 is 5.11 Å². The Labute approximate surface area is 82.6 Å². The second kappa shape index (κ2) is 3.93. The largest absolute Gasteiger partial charge is 0.478 e. The molecule has 0 aromatic heterocycles. The summed E-state index contributed by atoms with van der Waals surface area (Å²) < 4.78 is 0. The fraction of sp³-hybridized carbons (Fsp3) is 0.273. The predicted octanol–water partition coefficient (Wildman–Crippen LogP) is 2.38. The Morgan fingerprint density at radius 3 is 2.57 bits per heavy atom. The second-order valence-electron chi connectivity index (χ2n) is 3.38. The Balaban J connectivity index is 3.30. The Morgan fingerprint density at radius 2 is 2.14 bits per heavy atom. The van der Waals surface area contributed by atoms with Crippen LogP contribution in [0.25, 0.3) is 0 Å². The van der Waals surface area contributed by atoms with Gasteiger partial charge >= 0.3 is 5.97 Å². The molecule has 0 aliphatic carbocycles. The van der Waals surface area contributed by atoms with Gasteiger partial charge in [-0.1, -0.05) is 19.9 Å². The van der Waals surface area contributed by atoms with E-state index in [1.807, 2.05) is 19.9 Å². The molecule has 0 radical (unpaired) electrons. The summed E-state index contributed by atoms with van der Waals surface area (Å²) in [5.41, 5.74) is 1.22. The van der Waals surface area contributed by atoms with E-state index in [4.69, 9.17) is 10.4 Å². The van der Waals surface area contributed by atoms with Crippen molar-refractivity contribution in [3.05, 3.63) is 34.9 Å². The summed E-state index contributed by atoms with van der Waals surface area (Å²) in [6.07, 6.45) is 0. The van der Waals surface area contributed by atoms with Crippen molar-refractivity contribution in [2.24, 2.45) is 0 Å². The summed E-state index contributed by atoms with van der Waals surface area (Å²) in [7, 11) is 0. The summed E-state index contributed by atoms with van der Waals surface area (Å²) >= 11 is 0. The van der Waals surface area contributed by atoms with Crippen LogP contribution in [0.3, 0.4) is 0 Å². The third-order valence-electron chi connectivity index (χ3n) is 2.06. The van der Waals surface area contributed by atoms with Crippen LogP contribution in [0.15, 0.2) is 18.2 Å². The second-order valence-corrected chi connectivity index (χ2v) is 3.38. The molecule has 3 heteroatoms. The van der Waals surface area contributed by atoms with Crippen LogP contribution in [-0.2, 0) is 0 Å². The van der Waals surface area contributed by atoms with E-state index in [0.29, 0.717) is 0 Å². The predicted molar refractivity (Wildman–Crippen MR) is 52.2 cm³/mol. The Bertz CT molecular complexity index is 402. The van der Waals surface area contributed by atoms with Gasteiger partial charge in [-0.15, -0.1) is 0 Å². The molecular formula is C11H11NO2. The van der Waals surface area contributed by atoms with Gasteiger partial charge in [0, 0.05) is 0 Å². The molecule has 72 valence electrons. The van der Waals surface area contributed by atoms with Gasteiger partial charge in [0.2, 0.25) is 0 Å². The van der Waals surface area contributed by atoms with Crippen molar-refractivity contribution < 1.29 is 9.90 Å². The molecule has 0 bridgehead atoms. The molecule has 0 unspecified atom stereocenters. The number of nitrogens with zero attached hydrogens (tertiary/aromatic N) is 1. The maximum atomic E-state index is 10.8. The molecule has 0 saturated heterocycles. The van der Waals surface area contributed by atoms with Gasteiger partial charge in [-0.2, -0.15) is 5.26 Å². The van der Waals surface area contributed by atoms with E-state index in [1.54, 1.807) is 18.2 Å². The van der Waals surface area contributed by atoms with E-state index < -0.39 is 5.97 Å². The van der Waals surface area contributed by atoms with E-state index in [-0.39, 0.29) is 17.0 Å². The number of carboxylic acid groups (broad SMARTS) is 1. The molecule has 1 aromatic rings. The maximum Gasteiger partial charge on any atom is 0.337 e. The SMILES string of the molecule is CC(C)c1ccc(C#N)c(C(=O)O)c1. The normalized spacial score (nSPS) is 9.86.